The van der Waals surface area contributed by atoms with E-state index >= 15 is 0 Å². The third-order valence-corrected chi connectivity index (χ3v) is 8.51. The Kier molecular flexibility index (Phi) is 8.25. The molecule has 2 fully saturated rings. The van der Waals surface area contributed by atoms with Crippen LogP contribution in [-0.2, 0) is 0 Å². The van der Waals surface area contributed by atoms with Crippen LogP contribution in [0.25, 0.3) is 21.8 Å². The van der Waals surface area contributed by atoms with Gasteiger partial charge in [0.1, 0.15) is 18.1 Å². The first-order valence-electron chi connectivity index (χ1n) is 13.4. The maximum absolute atomic E-state index is 6.54. The summed E-state index contributed by atoms with van der Waals surface area (Å²) < 4.78 is 11.4. The number of thiazole rings is 1. The fraction of sp³-hybridized carbons (Fsp3) is 0.345. The Balaban J connectivity index is 1.21. The number of anilines is 3. The van der Waals surface area contributed by atoms with Gasteiger partial charge >= 0.3 is 0 Å². The molecule has 2 aromatic heterocycles. The molecule has 0 bridgehead atoms. The first kappa shape index (κ1) is 27.1. The molecule has 1 saturated heterocycles. The van der Waals surface area contributed by atoms with E-state index in [1.54, 1.807) is 24.6 Å². The third kappa shape index (κ3) is 6.44. The number of rotatable bonds is 11. The van der Waals surface area contributed by atoms with Crippen LogP contribution in [0.2, 0.25) is 10.0 Å². The molecule has 8 nitrogen and oxygen atoms in total. The van der Waals surface area contributed by atoms with E-state index in [0.29, 0.717) is 40.1 Å². The molecular weight excluding hydrogens is 567 g/mol. The minimum absolute atomic E-state index is 0.459. The largest absolute Gasteiger partial charge is 0.495 e. The number of hydrogen-bond acceptors (Lipinski definition) is 9. The van der Waals surface area contributed by atoms with Gasteiger partial charge in [0, 0.05) is 30.0 Å². The lowest BCUT2D eigenvalue weighted by atomic mass is 10.1. The van der Waals surface area contributed by atoms with Crippen LogP contribution in [0.15, 0.2) is 48.7 Å². The summed E-state index contributed by atoms with van der Waals surface area (Å²) in [5.74, 6) is 1.73. The van der Waals surface area contributed by atoms with E-state index in [9.17, 15) is 0 Å². The van der Waals surface area contributed by atoms with Crippen LogP contribution in [0.5, 0.6) is 11.5 Å². The van der Waals surface area contributed by atoms with E-state index in [4.69, 9.17) is 42.6 Å². The Morgan fingerprint density at radius 2 is 1.85 bits per heavy atom. The van der Waals surface area contributed by atoms with Gasteiger partial charge < -0.3 is 20.1 Å². The summed E-state index contributed by atoms with van der Waals surface area (Å²) in [5, 5.41) is 8.75. The standard InChI is InChI=1S/C29H30Cl2N6O2S/c1-38-25-16-18(4-8-21(25)30)26-27(40-29(36-26)34-19-5-6-19)23-10-11-32-28(35-23)33-20-7-9-24(22(31)17-20)39-15-14-37-12-2-3-13-37/h4,7-11,16-17,19H,2-3,5-6,12-15H2,1H3,(H,34,36)(H,32,33,35). The van der Waals surface area contributed by atoms with Crippen LogP contribution >= 0.6 is 34.5 Å². The highest BCUT2D eigenvalue weighted by atomic mass is 35.5. The van der Waals surface area contributed by atoms with Crippen molar-refractivity contribution >= 4 is 51.3 Å². The predicted molar refractivity (Wildman–Crippen MR) is 163 cm³/mol. The predicted octanol–water partition coefficient (Wildman–Crippen LogP) is 7.38. The zero-order valence-corrected chi connectivity index (χ0v) is 24.5. The van der Waals surface area contributed by atoms with Crippen molar-refractivity contribution in [3.63, 3.8) is 0 Å². The van der Waals surface area contributed by atoms with Gasteiger partial charge in [0.25, 0.3) is 0 Å². The average molecular weight is 598 g/mol. The molecule has 11 heteroatoms. The van der Waals surface area contributed by atoms with Crippen LogP contribution in [0.3, 0.4) is 0 Å². The van der Waals surface area contributed by atoms with Crippen LogP contribution < -0.4 is 20.1 Å². The van der Waals surface area contributed by atoms with Gasteiger partial charge in [-0.1, -0.05) is 40.6 Å². The monoisotopic (exact) mass is 596 g/mol. The molecule has 3 heterocycles. The maximum Gasteiger partial charge on any atom is 0.227 e. The van der Waals surface area contributed by atoms with E-state index < -0.39 is 0 Å². The molecule has 2 N–H and O–H groups in total. The molecule has 2 aromatic carbocycles. The second-order valence-corrected chi connectivity index (χ2v) is 11.7. The minimum Gasteiger partial charge on any atom is -0.495 e. The molecule has 0 unspecified atom stereocenters. The van der Waals surface area contributed by atoms with Gasteiger partial charge in [0.15, 0.2) is 5.13 Å². The molecule has 208 valence electrons. The number of aromatic nitrogens is 3. The number of benzene rings is 2. The Hall–Kier alpha value is -3.11. The smallest absolute Gasteiger partial charge is 0.227 e. The van der Waals surface area contributed by atoms with E-state index in [-0.39, 0.29) is 0 Å². The van der Waals surface area contributed by atoms with Crippen molar-refractivity contribution in [2.45, 2.75) is 31.7 Å². The molecule has 1 aliphatic carbocycles. The van der Waals surface area contributed by atoms with Gasteiger partial charge in [-0.25, -0.2) is 15.0 Å². The summed E-state index contributed by atoms with van der Waals surface area (Å²) >= 11 is 14.4. The SMILES string of the molecule is COc1cc(-c2nc(NC3CC3)sc2-c2ccnc(Nc3ccc(OCCN4CCCC4)c(Cl)c3)n2)ccc1Cl. The van der Waals surface area contributed by atoms with Crippen molar-refractivity contribution in [1.29, 1.82) is 0 Å². The zero-order chi connectivity index (χ0) is 27.5. The Bertz CT molecular complexity index is 1490. The van der Waals surface area contributed by atoms with E-state index in [2.05, 4.69) is 20.5 Å². The molecular formula is C29H30Cl2N6O2S. The lowest BCUT2D eigenvalue weighted by Crippen LogP contribution is -2.25. The lowest BCUT2D eigenvalue weighted by Gasteiger charge is -2.16. The second kappa shape index (κ2) is 12.2. The number of hydrogen-bond donors (Lipinski definition) is 2. The summed E-state index contributed by atoms with van der Waals surface area (Å²) in [6.07, 6.45) is 6.59. The summed E-state index contributed by atoms with van der Waals surface area (Å²) in [5.41, 5.74) is 3.25. The van der Waals surface area contributed by atoms with Crippen molar-refractivity contribution in [2.24, 2.45) is 0 Å². The number of ether oxygens (including phenoxy) is 2. The Morgan fingerprint density at radius 3 is 2.62 bits per heavy atom. The molecule has 40 heavy (non-hydrogen) atoms. The molecule has 1 aliphatic heterocycles. The highest BCUT2D eigenvalue weighted by molar-refractivity contribution is 7.19. The van der Waals surface area contributed by atoms with Crippen LogP contribution in [0.4, 0.5) is 16.8 Å². The second-order valence-electron chi connectivity index (χ2n) is 9.90. The van der Waals surface area contributed by atoms with Crippen LogP contribution in [0.1, 0.15) is 25.7 Å². The highest BCUT2D eigenvalue weighted by Crippen LogP contribution is 2.42. The summed E-state index contributed by atoms with van der Waals surface area (Å²) in [7, 11) is 1.61. The van der Waals surface area contributed by atoms with Crippen molar-refractivity contribution in [1.82, 2.24) is 19.9 Å². The van der Waals surface area contributed by atoms with E-state index in [0.717, 1.165) is 65.1 Å². The number of halogens is 2. The van der Waals surface area contributed by atoms with Crippen LogP contribution in [-0.4, -0.2) is 59.2 Å². The quantitative estimate of drug-likeness (QED) is 0.185. The van der Waals surface area contributed by atoms with Crippen molar-refractivity contribution in [3.05, 3.63) is 58.7 Å². The fourth-order valence-corrected chi connectivity index (χ4v) is 6.09. The Labute approximate surface area is 247 Å². The van der Waals surface area contributed by atoms with Crippen molar-refractivity contribution in [3.8, 4) is 33.3 Å². The first-order valence-corrected chi connectivity index (χ1v) is 15.0. The van der Waals surface area contributed by atoms with Crippen LogP contribution in [0, 0.1) is 0 Å². The molecule has 0 radical (unpaired) electrons. The zero-order valence-electron chi connectivity index (χ0n) is 22.1. The number of nitrogens with one attached hydrogen (secondary N) is 2. The number of likely N-dealkylation sites (tertiary alicyclic amines) is 1. The van der Waals surface area contributed by atoms with Gasteiger partial charge in [-0.05, 0) is 75.2 Å². The summed E-state index contributed by atoms with van der Waals surface area (Å²) in [4.78, 5) is 17.5. The molecule has 6 rings (SSSR count). The molecule has 0 spiro atoms. The average Bonchev–Trinajstić information content (AvgIpc) is 3.43. The maximum atomic E-state index is 6.54. The Morgan fingerprint density at radius 1 is 1.00 bits per heavy atom. The number of nitrogens with zero attached hydrogens (tertiary/aromatic N) is 4. The summed E-state index contributed by atoms with van der Waals surface area (Å²) in [6.45, 7) is 3.83. The highest BCUT2D eigenvalue weighted by Gasteiger charge is 2.25. The first-order chi connectivity index (χ1) is 19.6. The lowest BCUT2D eigenvalue weighted by molar-refractivity contribution is 0.238. The minimum atomic E-state index is 0.459. The van der Waals surface area contributed by atoms with Gasteiger partial charge in [0.2, 0.25) is 5.95 Å². The molecule has 2 aliphatic rings. The molecule has 0 atom stereocenters. The fourth-order valence-electron chi connectivity index (χ4n) is 4.62. The third-order valence-electron chi connectivity index (χ3n) is 6.90. The normalized spacial score (nSPS) is 15.3. The van der Waals surface area contributed by atoms with Gasteiger partial charge in [-0.15, -0.1) is 0 Å². The molecule has 1 saturated carbocycles. The van der Waals surface area contributed by atoms with Crippen molar-refractivity contribution < 1.29 is 9.47 Å². The van der Waals surface area contributed by atoms with Gasteiger partial charge in [-0.3, -0.25) is 4.90 Å². The summed E-state index contributed by atoms with van der Waals surface area (Å²) in [6, 6.07) is 13.7. The van der Waals surface area contributed by atoms with E-state index in [1.165, 1.54) is 12.8 Å². The molecule has 4 aromatic rings. The number of methoxy groups -OCH3 is 1. The van der Waals surface area contributed by atoms with Gasteiger partial charge in [0.05, 0.1) is 33.4 Å². The van der Waals surface area contributed by atoms with Gasteiger partial charge in [-0.2, -0.15) is 0 Å². The molecule has 0 amide bonds. The van der Waals surface area contributed by atoms with E-state index in [1.807, 2.05) is 42.5 Å². The van der Waals surface area contributed by atoms with Crippen molar-refractivity contribution in [2.75, 3.05) is 44.0 Å². The topological polar surface area (TPSA) is 84.4 Å².